The van der Waals surface area contributed by atoms with Crippen LogP contribution in [0, 0.1) is 11.3 Å². The Morgan fingerprint density at radius 2 is 2.09 bits per heavy atom. The molecular formula is C17H20N6. The molecule has 0 amide bonds. The fourth-order valence-electron chi connectivity index (χ4n) is 3.06. The van der Waals surface area contributed by atoms with E-state index in [2.05, 4.69) is 27.5 Å². The fourth-order valence-corrected chi connectivity index (χ4v) is 3.06. The van der Waals surface area contributed by atoms with Crippen LogP contribution >= 0.6 is 0 Å². The molecule has 1 aliphatic heterocycles. The summed E-state index contributed by atoms with van der Waals surface area (Å²) in [6, 6.07) is 5.75. The second-order valence-electron chi connectivity index (χ2n) is 6.30. The number of aromatic nitrogens is 3. The molecule has 2 aliphatic rings. The highest BCUT2D eigenvalue weighted by atomic mass is 15.3. The lowest BCUT2D eigenvalue weighted by Gasteiger charge is -2.26. The molecule has 3 heterocycles. The topological polar surface area (TPSA) is 69.8 Å². The van der Waals surface area contributed by atoms with Gasteiger partial charge in [-0.25, -0.2) is 9.67 Å². The third kappa shape index (κ3) is 3.11. The Morgan fingerprint density at radius 3 is 2.74 bits per heavy atom. The van der Waals surface area contributed by atoms with E-state index in [1.165, 1.54) is 24.1 Å². The highest BCUT2D eigenvalue weighted by Crippen LogP contribution is 2.41. The normalized spacial score (nSPS) is 18.7. The third-order valence-corrected chi connectivity index (χ3v) is 4.50. The van der Waals surface area contributed by atoms with Crippen molar-refractivity contribution in [1.82, 2.24) is 25.0 Å². The number of hydrogen-bond acceptors (Lipinski definition) is 5. The largest absolute Gasteiger partial charge is 0.314 e. The van der Waals surface area contributed by atoms with Gasteiger partial charge >= 0.3 is 0 Å². The van der Waals surface area contributed by atoms with Gasteiger partial charge in [-0.1, -0.05) is 0 Å². The minimum absolute atomic E-state index is 0.573. The molecule has 1 saturated carbocycles. The van der Waals surface area contributed by atoms with E-state index >= 15 is 0 Å². The zero-order chi connectivity index (χ0) is 15.6. The first-order valence-corrected chi connectivity index (χ1v) is 8.21. The molecule has 0 bridgehead atoms. The lowest BCUT2D eigenvalue weighted by molar-refractivity contribution is 0.232. The maximum atomic E-state index is 8.89. The van der Waals surface area contributed by atoms with Crippen LogP contribution in [0.3, 0.4) is 0 Å². The van der Waals surface area contributed by atoms with Gasteiger partial charge in [-0.3, -0.25) is 4.90 Å². The number of piperazine rings is 1. The van der Waals surface area contributed by atoms with Crippen LogP contribution in [0.5, 0.6) is 0 Å². The summed E-state index contributed by atoms with van der Waals surface area (Å²) >= 11 is 0. The van der Waals surface area contributed by atoms with Crippen LogP contribution in [0.4, 0.5) is 0 Å². The molecule has 1 N–H and O–H groups in total. The van der Waals surface area contributed by atoms with Gasteiger partial charge in [0.1, 0.15) is 6.07 Å². The predicted molar refractivity (Wildman–Crippen MR) is 86.2 cm³/mol. The summed E-state index contributed by atoms with van der Waals surface area (Å²) in [5, 5.41) is 17.1. The summed E-state index contributed by atoms with van der Waals surface area (Å²) in [5.41, 5.74) is 3.12. The number of rotatable bonds is 4. The van der Waals surface area contributed by atoms with Gasteiger partial charge in [0.15, 0.2) is 5.82 Å². The minimum atomic E-state index is 0.573. The summed E-state index contributed by atoms with van der Waals surface area (Å²) in [5.74, 6) is 1.39. The third-order valence-electron chi connectivity index (χ3n) is 4.50. The highest BCUT2D eigenvalue weighted by molar-refractivity contribution is 5.34. The number of nitriles is 1. The van der Waals surface area contributed by atoms with E-state index in [0.29, 0.717) is 11.5 Å². The van der Waals surface area contributed by atoms with Crippen molar-refractivity contribution in [2.45, 2.75) is 25.3 Å². The van der Waals surface area contributed by atoms with Crippen molar-refractivity contribution in [2.24, 2.45) is 0 Å². The second-order valence-corrected chi connectivity index (χ2v) is 6.30. The Kier molecular flexibility index (Phi) is 3.82. The molecule has 6 heteroatoms. The van der Waals surface area contributed by atoms with Crippen LogP contribution in [0.1, 0.15) is 35.6 Å². The van der Waals surface area contributed by atoms with Crippen LogP contribution in [0.25, 0.3) is 5.82 Å². The van der Waals surface area contributed by atoms with Crippen LogP contribution in [-0.4, -0.2) is 45.8 Å². The molecule has 2 aromatic rings. The maximum Gasteiger partial charge on any atom is 0.153 e. The molecular weight excluding hydrogens is 288 g/mol. The van der Waals surface area contributed by atoms with Crippen molar-refractivity contribution < 1.29 is 0 Å². The summed E-state index contributed by atoms with van der Waals surface area (Å²) in [6.45, 7) is 5.26. The van der Waals surface area contributed by atoms with Crippen molar-refractivity contribution >= 4 is 0 Å². The molecule has 1 aliphatic carbocycles. The molecule has 0 radical (unpaired) electrons. The number of nitrogens with one attached hydrogen (secondary N) is 1. The first-order chi connectivity index (χ1) is 11.3. The van der Waals surface area contributed by atoms with Gasteiger partial charge < -0.3 is 5.32 Å². The first kappa shape index (κ1) is 14.4. The molecule has 0 unspecified atom stereocenters. The smallest absolute Gasteiger partial charge is 0.153 e. The minimum Gasteiger partial charge on any atom is -0.314 e. The van der Waals surface area contributed by atoms with Crippen LogP contribution in [0.15, 0.2) is 24.5 Å². The van der Waals surface area contributed by atoms with Crippen molar-refractivity contribution in [1.29, 1.82) is 5.26 Å². The van der Waals surface area contributed by atoms with Crippen molar-refractivity contribution in [3.63, 3.8) is 0 Å². The number of nitrogens with zero attached hydrogens (tertiary/aromatic N) is 5. The molecule has 1 saturated heterocycles. The van der Waals surface area contributed by atoms with Gasteiger partial charge in [-0.15, -0.1) is 0 Å². The quantitative estimate of drug-likeness (QED) is 0.925. The average molecular weight is 308 g/mol. The highest BCUT2D eigenvalue weighted by Gasteiger charge is 2.30. The van der Waals surface area contributed by atoms with E-state index in [-0.39, 0.29) is 0 Å². The Labute approximate surface area is 135 Å². The maximum absolute atomic E-state index is 8.89. The summed E-state index contributed by atoms with van der Waals surface area (Å²) in [6.07, 6.45) is 6.20. The van der Waals surface area contributed by atoms with E-state index in [1.807, 2.05) is 10.7 Å². The van der Waals surface area contributed by atoms with Gasteiger partial charge in [-0.2, -0.15) is 10.4 Å². The van der Waals surface area contributed by atoms with E-state index < -0.39 is 0 Å². The summed E-state index contributed by atoms with van der Waals surface area (Å²) in [4.78, 5) is 6.84. The SMILES string of the molecule is N#Cc1ccc(-n2cc(CN3CCNCC3)c(C3CC3)n2)nc1. The molecule has 0 atom stereocenters. The van der Waals surface area contributed by atoms with Crippen molar-refractivity contribution in [3.05, 3.63) is 41.3 Å². The van der Waals surface area contributed by atoms with Crippen molar-refractivity contribution in [3.8, 4) is 11.9 Å². The summed E-state index contributed by atoms with van der Waals surface area (Å²) < 4.78 is 1.87. The van der Waals surface area contributed by atoms with Crippen LogP contribution in [0.2, 0.25) is 0 Å². The molecule has 118 valence electrons. The van der Waals surface area contributed by atoms with Gasteiger partial charge in [0.05, 0.1) is 11.3 Å². The summed E-state index contributed by atoms with van der Waals surface area (Å²) in [7, 11) is 0. The molecule has 6 nitrogen and oxygen atoms in total. The molecule has 2 aromatic heterocycles. The average Bonchev–Trinajstić information content (AvgIpc) is 3.37. The number of pyridine rings is 1. The zero-order valence-electron chi connectivity index (χ0n) is 13.1. The van der Waals surface area contributed by atoms with Crippen LogP contribution in [-0.2, 0) is 6.54 Å². The molecule has 0 aromatic carbocycles. The molecule has 2 fully saturated rings. The Hall–Kier alpha value is -2.23. The van der Waals surface area contributed by atoms with E-state index in [1.54, 1.807) is 12.3 Å². The molecule has 4 rings (SSSR count). The first-order valence-electron chi connectivity index (χ1n) is 8.21. The Morgan fingerprint density at radius 1 is 1.26 bits per heavy atom. The van der Waals surface area contributed by atoms with Crippen LogP contribution < -0.4 is 5.32 Å². The van der Waals surface area contributed by atoms with Gasteiger partial charge in [0.25, 0.3) is 0 Å². The second kappa shape index (κ2) is 6.11. The fraction of sp³-hybridized carbons (Fsp3) is 0.471. The van der Waals surface area contributed by atoms with E-state index in [4.69, 9.17) is 10.4 Å². The van der Waals surface area contributed by atoms with E-state index in [0.717, 1.165) is 38.5 Å². The molecule has 23 heavy (non-hydrogen) atoms. The van der Waals surface area contributed by atoms with Gasteiger partial charge in [0, 0.05) is 56.6 Å². The lowest BCUT2D eigenvalue weighted by Crippen LogP contribution is -2.42. The Balaban J connectivity index is 1.60. The van der Waals surface area contributed by atoms with Crippen molar-refractivity contribution in [2.75, 3.05) is 26.2 Å². The molecule has 0 spiro atoms. The van der Waals surface area contributed by atoms with Gasteiger partial charge in [0.2, 0.25) is 0 Å². The number of hydrogen-bond donors (Lipinski definition) is 1. The monoisotopic (exact) mass is 308 g/mol. The standard InChI is InChI=1S/C17H20N6/c18-9-13-1-4-16(20-10-13)23-12-15(17(21-23)14-2-3-14)11-22-7-5-19-6-8-22/h1,4,10,12,14,19H,2-3,5-8,11H2. The zero-order valence-corrected chi connectivity index (χ0v) is 13.1. The van der Waals surface area contributed by atoms with Gasteiger partial charge in [-0.05, 0) is 25.0 Å². The Bertz CT molecular complexity index is 717. The lowest BCUT2D eigenvalue weighted by atomic mass is 10.1. The predicted octanol–water partition coefficient (Wildman–Crippen LogP) is 1.42. The van der Waals surface area contributed by atoms with E-state index in [9.17, 15) is 0 Å².